The molecule has 18 heavy (non-hydrogen) atoms. The number of piperazine rings is 1. The summed E-state index contributed by atoms with van der Waals surface area (Å²) in [6.07, 6.45) is 1.37. The van der Waals surface area contributed by atoms with Crippen molar-refractivity contribution in [2.75, 3.05) is 25.4 Å². The Morgan fingerprint density at radius 3 is 2.94 bits per heavy atom. The highest BCUT2D eigenvalue weighted by molar-refractivity contribution is 5.96. The van der Waals surface area contributed by atoms with E-state index in [4.69, 9.17) is 5.73 Å². The van der Waals surface area contributed by atoms with E-state index in [-0.39, 0.29) is 29.4 Å². The summed E-state index contributed by atoms with van der Waals surface area (Å²) < 4.78 is 4.42. The average molecular weight is 251 g/mol. The quantitative estimate of drug-likeness (QED) is 0.693. The van der Waals surface area contributed by atoms with Crippen LogP contribution in [-0.4, -0.2) is 57.6 Å². The molecule has 2 fully saturated rings. The minimum absolute atomic E-state index is 0.00456. The number of carbonyl (C=O) groups excluding carboxylic acids is 2. The van der Waals surface area contributed by atoms with E-state index in [1.54, 1.807) is 4.90 Å². The first kappa shape index (κ1) is 11.0. The fraction of sp³-hybridized carbons (Fsp3) is 0.600. The van der Waals surface area contributed by atoms with Crippen LogP contribution in [-0.2, 0) is 4.79 Å². The highest BCUT2D eigenvalue weighted by Gasteiger charge is 2.38. The second-order valence-corrected chi connectivity index (χ2v) is 4.53. The molecule has 2 aliphatic rings. The van der Waals surface area contributed by atoms with Crippen LogP contribution in [0.5, 0.6) is 0 Å². The van der Waals surface area contributed by atoms with Gasteiger partial charge < -0.3 is 15.5 Å². The molecule has 0 bridgehead atoms. The highest BCUT2D eigenvalue weighted by Crippen LogP contribution is 2.23. The van der Waals surface area contributed by atoms with Gasteiger partial charge in [0.05, 0.1) is 0 Å². The van der Waals surface area contributed by atoms with E-state index in [0.717, 1.165) is 6.42 Å². The van der Waals surface area contributed by atoms with Crippen LogP contribution in [0.3, 0.4) is 0 Å². The Bertz CT molecular complexity index is 499. The van der Waals surface area contributed by atoms with Gasteiger partial charge in [-0.15, -0.1) is 0 Å². The number of amides is 2. The van der Waals surface area contributed by atoms with Gasteiger partial charge in [0.25, 0.3) is 5.91 Å². The summed E-state index contributed by atoms with van der Waals surface area (Å²) in [4.78, 5) is 27.2. The average Bonchev–Trinajstić information content (AvgIpc) is 2.95. The van der Waals surface area contributed by atoms with Crippen LogP contribution < -0.4 is 5.73 Å². The van der Waals surface area contributed by atoms with Gasteiger partial charge in [0.15, 0.2) is 0 Å². The third-order valence-electron chi connectivity index (χ3n) is 3.50. The lowest BCUT2D eigenvalue weighted by Crippen LogP contribution is -2.53. The van der Waals surface area contributed by atoms with Crippen molar-refractivity contribution in [3.8, 4) is 0 Å². The van der Waals surface area contributed by atoms with E-state index in [9.17, 15) is 9.59 Å². The number of carbonyl (C=O) groups is 2. The zero-order valence-electron chi connectivity index (χ0n) is 9.70. The van der Waals surface area contributed by atoms with Crippen molar-refractivity contribution < 1.29 is 14.2 Å². The maximum atomic E-state index is 12.1. The Morgan fingerprint density at radius 2 is 2.22 bits per heavy atom. The van der Waals surface area contributed by atoms with Gasteiger partial charge in [-0.1, -0.05) is 0 Å². The normalized spacial score (nSPS) is 23.3. The van der Waals surface area contributed by atoms with Crippen LogP contribution in [0.2, 0.25) is 0 Å². The van der Waals surface area contributed by atoms with Crippen LogP contribution in [0.15, 0.2) is 4.63 Å². The van der Waals surface area contributed by atoms with E-state index in [1.165, 1.54) is 0 Å². The minimum atomic E-state index is -0.284. The van der Waals surface area contributed by atoms with Gasteiger partial charge >= 0.3 is 0 Å². The number of anilines is 1. The Balaban J connectivity index is 1.74. The Labute approximate surface area is 103 Å². The summed E-state index contributed by atoms with van der Waals surface area (Å²) in [6.45, 7) is 1.59. The Kier molecular flexibility index (Phi) is 2.42. The molecule has 2 aliphatic heterocycles. The SMILES string of the molecule is Nc1nonc1C(=O)N1CCN2C(=O)CCC2C1. The fourth-order valence-electron chi connectivity index (χ4n) is 2.54. The zero-order chi connectivity index (χ0) is 12.7. The number of nitrogens with two attached hydrogens (primary N) is 1. The van der Waals surface area contributed by atoms with Crippen LogP contribution >= 0.6 is 0 Å². The van der Waals surface area contributed by atoms with E-state index >= 15 is 0 Å². The summed E-state index contributed by atoms with van der Waals surface area (Å²) in [6, 6.07) is 0.122. The monoisotopic (exact) mass is 251 g/mol. The number of hydrogen-bond donors (Lipinski definition) is 1. The lowest BCUT2D eigenvalue weighted by molar-refractivity contribution is -0.130. The van der Waals surface area contributed by atoms with Gasteiger partial charge in [0.2, 0.25) is 17.4 Å². The van der Waals surface area contributed by atoms with Gasteiger partial charge in [0.1, 0.15) is 0 Å². The summed E-state index contributed by atoms with van der Waals surface area (Å²) in [5, 5.41) is 6.90. The molecular formula is C10H13N5O3. The molecule has 2 amide bonds. The van der Waals surface area contributed by atoms with E-state index in [1.807, 2.05) is 4.90 Å². The predicted octanol–water partition coefficient (Wildman–Crippen LogP) is -0.901. The molecule has 0 aromatic carbocycles. The van der Waals surface area contributed by atoms with Crippen molar-refractivity contribution in [3.05, 3.63) is 5.69 Å². The molecule has 2 N–H and O–H groups in total. The molecule has 96 valence electrons. The van der Waals surface area contributed by atoms with Gasteiger partial charge in [-0.25, -0.2) is 4.63 Å². The van der Waals surface area contributed by atoms with Crippen LogP contribution in [0.1, 0.15) is 23.3 Å². The fourth-order valence-corrected chi connectivity index (χ4v) is 2.54. The molecule has 0 aliphatic carbocycles. The molecule has 1 unspecified atom stereocenters. The minimum Gasteiger partial charge on any atom is -0.379 e. The molecule has 3 heterocycles. The molecule has 0 spiro atoms. The molecular weight excluding hydrogens is 238 g/mol. The lowest BCUT2D eigenvalue weighted by Gasteiger charge is -2.37. The van der Waals surface area contributed by atoms with Crippen molar-refractivity contribution in [2.45, 2.75) is 18.9 Å². The maximum Gasteiger partial charge on any atom is 0.280 e. The van der Waals surface area contributed by atoms with Crippen molar-refractivity contribution in [1.82, 2.24) is 20.1 Å². The van der Waals surface area contributed by atoms with Crippen molar-refractivity contribution >= 4 is 17.6 Å². The Morgan fingerprint density at radius 1 is 1.39 bits per heavy atom. The van der Waals surface area contributed by atoms with Gasteiger partial charge in [-0.05, 0) is 16.7 Å². The first-order valence-corrected chi connectivity index (χ1v) is 5.83. The third-order valence-corrected chi connectivity index (χ3v) is 3.50. The van der Waals surface area contributed by atoms with Gasteiger partial charge in [-0.2, -0.15) is 0 Å². The van der Waals surface area contributed by atoms with Gasteiger partial charge in [0, 0.05) is 32.1 Å². The van der Waals surface area contributed by atoms with E-state index in [2.05, 4.69) is 14.9 Å². The number of nitrogen functional groups attached to an aromatic ring is 1. The molecule has 0 radical (unpaired) electrons. The first-order chi connectivity index (χ1) is 8.66. The van der Waals surface area contributed by atoms with E-state index in [0.29, 0.717) is 26.1 Å². The molecule has 1 atom stereocenters. The topological polar surface area (TPSA) is 106 Å². The number of rotatable bonds is 1. The number of fused-ring (bicyclic) bond motifs is 1. The molecule has 8 heteroatoms. The Hall–Kier alpha value is -2.12. The van der Waals surface area contributed by atoms with Crippen LogP contribution in [0.4, 0.5) is 5.82 Å². The second kappa shape index (κ2) is 3.97. The number of aromatic nitrogens is 2. The zero-order valence-corrected chi connectivity index (χ0v) is 9.70. The predicted molar refractivity (Wildman–Crippen MR) is 59.3 cm³/mol. The van der Waals surface area contributed by atoms with Crippen LogP contribution in [0, 0.1) is 0 Å². The van der Waals surface area contributed by atoms with Crippen molar-refractivity contribution in [2.24, 2.45) is 0 Å². The third kappa shape index (κ3) is 1.60. The highest BCUT2D eigenvalue weighted by atomic mass is 16.6. The summed E-state index contributed by atoms with van der Waals surface area (Å²) in [5.74, 6) is -0.104. The molecule has 8 nitrogen and oxygen atoms in total. The van der Waals surface area contributed by atoms with Crippen molar-refractivity contribution in [3.63, 3.8) is 0 Å². The van der Waals surface area contributed by atoms with Crippen molar-refractivity contribution in [1.29, 1.82) is 0 Å². The largest absolute Gasteiger partial charge is 0.379 e. The molecule has 3 rings (SSSR count). The molecule has 2 saturated heterocycles. The summed E-state index contributed by atoms with van der Waals surface area (Å²) in [7, 11) is 0. The standard InChI is InChI=1S/C10H13N5O3/c11-9-8(12-18-13-9)10(17)14-3-4-15-6(5-14)1-2-7(15)16/h6H,1-5H2,(H2,11,13). The number of nitrogens with zero attached hydrogens (tertiary/aromatic N) is 4. The summed E-state index contributed by atoms with van der Waals surface area (Å²) in [5.41, 5.74) is 5.55. The summed E-state index contributed by atoms with van der Waals surface area (Å²) >= 11 is 0. The maximum absolute atomic E-state index is 12.1. The first-order valence-electron chi connectivity index (χ1n) is 5.83. The molecule has 0 saturated carbocycles. The second-order valence-electron chi connectivity index (χ2n) is 4.53. The molecule has 1 aromatic heterocycles. The lowest BCUT2D eigenvalue weighted by atomic mass is 10.1. The molecule has 1 aromatic rings. The number of hydrogen-bond acceptors (Lipinski definition) is 6. The smallest absolute Gasteiger partial charge is 0.280 e. The van der Waals surface area contributed by atoms with Gasteiger partial charge in [-0.3, -0.25) is 9.59 Å². The van der Waals surface area contributed by atoms with E-state index < -0.39 is 0 Å². The van der Waals surface area contributed by atoms with Crippen LogP contribution in [0.25, 0.3) is 0 Å².